The van der Waals surface area contributed by atoms with Gasteiger partial charge in [0.1, 0.15) is 13.1 Å². The number of amides is 3. The second-order valence-corrected chi connectivity index (χ2v) is 4.57. The Balaban J connectivity index is 1.86. The topological polar surface area (TPSA) is 78.5 Å². The Bertz CT molecular complexity index is 321. The Morgan fingerprint density at radius 2 is 1.94 bits per heavy atom. The zero-order chi connectivity index (χ0) is 12.3. The highest BCUT2D eigenvalue weighted by molar-refractivity contribution is 6.02. The van der Waals surface area contributed by atoms with Gasteiger partial charge < -0.3 is 10.2 Å². The summed E-state index contributed by atoms with van der Waals surface area (Å²) in [6.07, 6.45) is 3.64. The van der Waals surface area contributed by atoms with Crippen LogP contribution >= 0.6 is 0 Å². The van der Waals surface area contributed by atoms with Crippen LogP contribution in [0.15, 0.2) is 0 Å². The van der Waals surface area contributed by atoms with Crippen molar-refractivity contribution in [2.24, 2.45) is 0 Å². The number of piperazine rings is 1. The normalized spacial score (nSPS) is 25.6. The molecule has 2 aliphatic rings. The number of piperidine rings is 1. The predicted molar refractivity (Wildman–Crippen MR) is 60.0 cm³/mol. The summed E-state index contributed by atoms with van der Waals surface area (Å²) in [5.41, 5.74) is 0. The van der Waals surface area contributed by atoms with Gasteiger partial charge in [0.25, 0.3) is 0 Å². The van der Waals surface area contributed by atoms with E-state index in [2.05, 4.69) is 10.6 Å². The summed E-state index contributed by atoms with van der Waals surface area (Å²) in [7, 11) is 0. The zero-order valence-electron chi connectivity index (χ0n) is 9.70. The monoisotopic (exact) mass is 239 g/mol. The van der Waals surface area contributed by atoms with E-state index in [1.54, 1.807) is 0 Å². The first-order valence-corrected chi connectivity index (χ1v) is 5.99. The van der Waals surface area contributed by atoms with Gasteiger partial charge in [-0.05, 0) is 19.4 Å². The molecule has 1 unspecified atom stereocenters. The molecule has 2 heterocycles. The Morgan fingerprint density at radius 1 is 1.24 bits per heavy atom. The lowest BCUT2D eigenvalue weighted by Gasteiger charge is -2.29. The van der Waals surface area contributed by atoms with E-state index < -0.39 is 11.8 Å². The number of hydrogen-bond acceptors (Lipinski definition) is 4. The van der Waals surface area contributed by atoms with Crippen LogP contribution in [0.5, 0.6) is 0 Å². The first kappa shape index (κ1) is 12.0. The smallest absolute Gasteiger partial charge is 0.246 e. The number of nitrogens with zero attached hydrogens (tertiary/aromatic N) is 1. The molecule has 6 nitrogen and oxygen atoms in total. The average molecular weight is 239 g/mol. The molecule has 0 aromatic carbocycles. The fourth-order valence-corrected chi connectivity index (χ4v) is 2.25. The van der Waals surface area contributed by atoms with Crippen molar-refractivity contribution in [3.8, 4) is 0 Å². The molecule has 0 spiro atoms. The lowest BCUT2D eigenvalue weighted by molar-refractivity contribution is -0.145. The Hall–Kier alpha value is -1.43. The second-order valence-electron chi connectivity index (χ2n) is 4.57. The molecule has 0 saturated carbocycles. The minimum Gasteiger partial charge on any atom is -0.324 e. The molecule has 0 aliphatic carbocycles. The third kappa shape index (κ3) is 3.26. The van der Waals surface area contributed by atoms with Crippen molar-refractivity contribution in [1.29, 1.82) is 0 Å². The lowest BCUT2D eigenvalue weighted by atomic mass is 10.0. The minimum absolute atomic E-state index is 0.00269. The van der Waals surface area contributed by atoms with Crippen molar-refractivity contribution in [2.75, 3.05) is 19.6 Å². The van der Waals surface area contributed by atoms with Crippen LogP contribution < -0.4 is 10.6 Å². The van der Waals surface area contributed by atoms with Gasteiger partial charge >= 0.3 is 0 Å². The molecule has 2 saturated heterocycles. The van der Waals surface area contributed by atoms with Gasteiger partial charge in [-0.15, -0.1) is 0 Å². The minimum atomic E-state index is -0.397. The highest BCUT2D eigenvalue weighted by Crippen LogP contribution is 2.12. The van der Waals surface area contributed by atoms with Crippen LogP contribution in [0.3, 0.4) is 0 Å². The van der Waals surface area contributed by atoms with Crippen molar-refractivity contribution < 1.29 is 14.4 Å². The molecule has 0 aromatic rings. The summed E-state index contributed by atoms with van der Waals surface area (Å²) in [5.74, 6) is -0.912. The molecule has 0 radical (unpaired) electrons. The molecule has 3 amide bonds. The number of hydrogen-bond donors (Lipinski definition) is 2. The molecule has 1 atom stereocenters. The summed E-state index contributed by atoms with van der Waals surface area (Å²) in [6, 6.07) is 0.191. The fraction of sp³-hybridized carbons (Fsp3) is 0.727. The Labute approximate surface area is 99.7 Å². The van der Waals surface area contributed by atoms with E-state index in [1.807, 2.05) is 0 Å². The van der Waals surface area contributed by atoms with Crippen molar-refractivity contribution in [1.82, 2.24) is 15.5 Å². The molecule has 6 heteroatoms. The number of rotatable bonds is 2. The molecular formula is C11H17N3O3. The van der Waals surface area contributed by atoms with Gasteiger partial charge in [-0.3, -0.25) is 19.7 Å². The van der Waals surface area contributed by atoms with E-state index in [0.29, 0.717) is 6.42 Å². The van der Waals surface area contributed by atoms with E-state index in [0.717, 1.165) is 25.8 Å². The summed E-state index contributed by atoms with van der Waals surface area (Å²) >= 11 is 0. The summed E-state index contributed by atoms with van der Waals surface area (Å²) in [5, 5.41) is 5.46. The summed E-state index contributed by atoms with van der Waals surface area (Å²) < 4.78 is 0. The maximum Gasteiger partial charge on any atom is 0.246 e. The standard InChI is InChI=1S/C11H17N3O3/c15-9-6-14(7-10(16)13-9)11(17)5-8-3-1-2-4-12-8/h8,12H,1-7H2,(H,13,15,16). The first-order valence-electron chi connectivity index (χ1n) is 5.99. The van der Waals surface area contributed by atoms with E-state index in [4.69, 9.17) is 0 Å². The van der Waals surface area contributed by atoms with Crippen molar-refractivity contribution in [3.63, 3.8) is 0 Å². The van der Waals surface area contributed by atoms with Crippen LogP contribution in [0.2, 0.25) is 0 Å². The van der Waals surface area contributed by atoms with E-state index in [-0.39, 0.29) is 25.0 Å². The molecule has 0 bridgehead atoms. The van der Waals surface area contributed by atoms with Gasteiger partial charge in [-0.2, -0.15) is 0 Å². The molecular weight excluding hydrogens is 222 g/mol. The Kier molecular flexibility index (Phi) is 3.73. The summed E-state index contributed by atoms with van der Waals surface area (Å²) in [6.45, 7) is 0.936. The number of nitrogens with one attached hydrogen (secondary N) is 2. The second kappa shape index (κ2) is 5.27. The van der Waals surface area contributed by atoms with Crippen molar-refractivity contribution >= 4 is 17.7 Å². The van der Waals surface area contributed by atoms with Gasteiger partial charge in [0.05, 0.1) is 0 Å². The SMILES string of the molecule is O=C1CN(C(=O)CC2CCCCN2)CC(=O)N1. The van der Waals surface area contributed by atoms with Crippen LogP contribution in [0.25, 0.3) is 0 Å². The van der Waals surface area contributed by atoms with E-state index >= 15 is 0 Å². The first-order chi connectivity index (χ1) is 8.15. The maximum atomic E-state index is 11.9. The van der Waals surface area contributed by atoms with Gasteiger partial charge in [0.15, 0.2) is 0 Å². The number of carbonyl (C=O) groups is 3. The molecule has 2 aliphatic heterocycles. The van der Waals surface area contributed by atoms with Crippen LogP contribution in [0.4, 0.5) is 0 Å². The molecule has 0 aromatic heterocycles. The van der Waals surface area contributed by atoms with Crippen LogP contribution in [-0.2, 0) is 14.4 Å². The molecule has 2 fully saturated rings. The van der Waals surface area contributed by atoms with Gasteiger partial charge in [0, 0.05) is 12.5 Å². The lowest BCUT2D eigenvalue weighted by Crippen LogP contribution is -2.54. The molecule has 17 heavy (non-hydrogen) atoms. The number of carbonyl (C=O) groups excluding carboxylic acids is 3. The van der Waals surface area contributed by atoms with Crippen LogP contribution in [0.1, 0.15) is 25.7 Å². The Morgan fingerprint density at radius 3 is 2.53 bits per heavy atom. The van der Waals surface area contributed by atoms with E-state index in [1.165, 1.54) is 4.90 Å². The quantitative estimate of drug-likeness (QED) is 0.606. The van der Waals surface area contributed by atoms with Gasteiger partial charge in [0.2, 0.25) is 17.7 Å². The van der Waals surface area contributed by atoms with Gasteiger partial charge in [-0.1, -0.05) is 6.42 Å². The zero-order valence-corrected chi connectivity index (χ0v) is 9.70. The van der Waals surface area contributed by atoms with Crippen molar-refractivity contribution in [3.05, 3.63) is 0 Å². The van der Waals surface area contributed by atoms with Gasteiger partial charge in [-0.25, -0.2) is 0 Å². The molecule has 2 rings (SSSR count). The highest BCUT2D eigenvalue weighted by Gasteiger charge is 2.28. The predicted octanol–water partition coefficient (Wildman–Crippen LogP) is -0.996. The third-order valence-corrected chi connectivity index (χ3v) is 3.13. The highest BCUT2D eigenvalue weighted by atomic mass is 16.2. The van der Waals surface area contributed by atoms with Crippen molar-refractivity contribution in [2.45, 2.75) is 31.7 Å². The molecule has 2 N–H and O–H groups in total. The van der Waals surface area contributed by atoms with E-state index in [9.17, 15) is 14.4 Å². The average Bonchev–Trinajstić information content (AvgIpc) is 2.29. The largest absolute Gasteiger partial charge is 0.324 e. The fourth-order valence-electron chi connectivity index (χ4n) is 2.25. The number of imide groups is 1. The molecule has 94 valence electrons. The van der Waals surface area contributed by atoms with Crippen LogP contribution in [-0.4, -0.2) is 48.3 Å². The maximum absolute atomic E-state index is 11.9. The van der Waals surface area contributed by atoms with Crippen LogP contribution in [0, 0.1) is 0 Å². The third-order valence-electron chi connectivity index (χ3n) is 3.13. The summed E-state index contributed by atoms with van der Waals surface area (Å²) in [4.78, 5) is 35.5.